The minimum atomic E-state index is -0.151. The number of likely N-dealkylation sites (N-methyl/N-ethyl adjacent to an activating group) is 1. The number of carbonyl (C=O) groups excluding carboxylic acids is 1. The number of hydrogen-bond donors (Lipinski definition) is 1. The predicted octanol–water partition coefficient (Wildman–Crippen LogP) is 0.252. The van der Waals surface area contributed by atoms with Gasteiger partial charge in [-0.05, 0) is 27.1 Å². The first-order valence-corrected chi connectivity index (χ1v) is 4.17. The zero-order valence-corrected chi connectivity index (χ0v) is 9.10. The van der Waals surface area contributed by atoms with E-state index in [1.807, 2.05) is 19.0 Å². The lowest BCUT2D eigenvalue weighted by atomic mass is 10.3. The fraction of sp³-hybridized carbons (Fsp3) is 0.875. The van der Waals surface area contributed by atoms with E-state index in [1.54, 1.807) is 0 Å². The third-order valence-corrected chi connectivity index (χ3v) is 1.39. The zero-order chi connectivity index (χ0) is 9.40. The van der Waals surface area contributed by atoms with Crippen LogP contribution in [-0.2, 0) is 9.53 Å². The number of carbonyl (C=O) groups is 1. The van der Waals surface area contributed by atoms with Gasteiger partial charge in [0, 0.05) is 13.0 Å². The third-order valence-electron chi connectivity index (χ3n) is 1.39. The van der Waals surface area contributed by atoms with Crippen LogP contribution in [0.15, 0.2) is 0 Å². The van der Waals surface area contributed by atoms with E-state index in [2.05, 4.69) is 0 Å². The van der Waals surface area contributed by atoms with Crippen molar-refractivity contribution < 1.29 is 9.53 Å². The van der Waals surface area contributed by atoms with Crippen LogP contribution in [0.2, 0.25) is 0 Å². The largest absolute Gasteiger partial charge is 0.464 e. The highest BCUT2D eigenvalue weighted by Gasteiger charge is 2.00. The molecule has 0 spiro atoms. The first-order valence-electron chi connectivity index (χ1n) is 4.17. The average Bonchev–Trinajstić information content (AvgIpc) is 2.00. The molecule has 4 nitrogen and oxygen atoms in total. The minimum absolute atomic E-state index is 0. The Kier molecular flexibility index (Phi) is 11.4. The molecular weight excluding hydrogens is 192 g/mol. The van der Waals surface area contributed by atoms with Crippen LogP contribution in [0.3, 0.4) is 0 Å². The Hall–Kier alpha value is -0.320. The molecule has 0 atom stereocenters. The predicted molar refractivity (Wildman–Crippen MR) is 55.0 cm³/mol. The molecule has 0 aromatic rings. The van der Waals surface area contributed by atoms with Crippen LogP contribution in [0.5, 0.6) is 0 Å². The van der Waals surface area contributed by atoms with Gasteiger partial charge in [-0.25, -0.2) is 0 Å². The minimum Gasteiger partial charge on any atom is -0.464 e. The lowest BCUT2D eigenvalue weighted by molar-refractivity contribution is -0.143. The summed E-state index contributed by atoms with van der Waals surface area (Å²) >= 11 is 0. The second-order valence-corrected chi connectivity index (χ2v) is 2.92. The molecule has 5 heteroatoms. The van der Waals surface area contributed by atoms with E-state index in [-0.39, 0.29) is 18.4 Å². The molecule has 0 aliphatic heterocycles. The molecule has 0 unspecified atom stereocenters. The topological polar surface area (TPSA) is 55.6 Å². The van der Waals surface area contributed by atoms with E-state index in [9.17, 15) is 4.79 Å². The molecule has 0 heterocycles. The normalized spacial score (nSPS) is 9.54. The maximum Gasteiger partial charge on any atom is 0.305 e. The lowest BCUT2D eigenvalue weighted by Gasteiger charge is -2.09. The molecular formula is C8H19ClN2O2. The molecule has 0 aromatic heterocycles. The molecule has 0 saturated carbocycles. The molecule has 80 valence electrons. The molecule has 0 saturated heterocycles. The van der Waals surface area contributed by atoms with Crippen LogP contribution >= 0.6 is 12.4 Å². The molecule has 0 aliphatic rings. The summed E-state index contributed by atoms with van der Waals surface area (Å²) in [5.74, 6) is -0.151. The van der Waals surface area contributed by atoms with Gasteiger partial charge < -0.3 is 15.4 Å². The molecule has 13 heavy (non-hydrogen) atoms. The Morgan fingerprint density at radius 3 is 2.54 bits per heavy atom. The van der Waals surface area contributed by atoms with E-state index < -0.39 is 0 Å². The summed E-state index contributed by atoms with van der Waals surface area (Å²) in [6, 6.07) is 0. The second kappa shape index (κ2) is 9.77. The highest BCUT2D eigenvalue weighted by atomic mass is 35.5. The number of esters is 1. The van der Waals surface area contributed by atoms with E-state index >= 15 is 0 Å². The van der Waals surface area contributed by atoms with Gasteiger partial charge in [0.2, 0.25) is 0 Å². The first kappa shape index (κ1) is 15.2. The molecule has 0 amide bonds. The van der Waals surface area contributed by atoms with Crippen LogP contribution in [0.4, 0.5) is 0 Å². The van der Waals surface area contributed by atoms with Gasteiger partial charge in [-0.15, -0.1) is 12.4 Å². The van der Waals surface area contributed by atoms with Crippen LogP contribution < -0.4 is 5.73 Å². The van der Waals surface area contributed by atoms with Crippen molar-refractivity contribution >= 4 is 18.4 Å². The van der Waals surface area contributed by atoms with Gasteiger partial charge in [0.25, 0.3) is 0 Å². The van der Waals surface area contributed by atoms with Crippen molar-refractivity contribution in [2.24, 2.45) is 5.73 Å². The van der Waals surface area contributed by atoms with Crippen LogP contribution in [0.1, 0.15) is 12.8 Å². The smallest absolute Gasteiger partial charge is 0.305 e. The summed E-state index contributed by atoms with van der Waals surface area (Å²) in [5.41, 5.74) is 5.24. The van der Waals surface area contributed by atoms with Crippen molar-refractivity contribution in [1.29, 1.82) is 0 Å². The number of nitrogens with zero attached hydrogens (tertiary/aromatic N) is 1. The fourth-order valence-corrected chi connectivity index (χ4v) is 0.661. The van der Waals surface area contributed by atoms with Crippen molar-refractivity contribution in [3.05, 3.63) is 0 Å². The Bertz CT molecular complexity index is 131. The van der Waals surface area contributed by atoms with Gasteiger partial charge in [0.1, 0.15) is 6.61 Å². The van der Waals surface area contributed by atoms with Crippen LogP contribution in [0, 0.1) is 0 Å². The van der Waals surface area contributed by atoms with Gasteiger partial charge in [0.05, 0.1) is 0 Å². The third kappa shape index (κ3) is 11.7. The maximum absolute atomic E-state index is 10.9. The summed E-state index contributed by atoms with van der Waals surface area (Å²) in [5, 5.41) is 0. The van der Waals surface area contributed by atoms with E-state index in [4.69, 9.17) is 10.5 Å². The molecule has 2 N–H and O–H groups in total. The quantitative estimate of drug-likeness (QED) is 0.639. The second-order valence-electron chi connectivity index (χ2n) is 2.92. The number of halogens is 1. The highest BCUT2D eigenvalue weighted by Crippen LogP contribution is 1.90. The van der Waals surface area contributed by atoms with Gasteiger partial charge >= 0.3 is 5.97 Å². The van der Waals surface area contributed by atoms with Gasteiger partial charge in [-0.2, -0.15) is 0 Å². The number of rotatable bonds is 6. The highest BCUT2D eigenvalue weighted by molar-refractivity contribution is 5.85. The fourth-order valence-electron chi connectivity index (χ4n) is 0.661. The molecule has 0 aromatic carbocycles. The van der Waals surface area contributed by atoms with Crippen molar-refractivity contribution in [2.45, 2.75) is 12.8 Å². The van der Waals surface area contributed by atoms with Crippen LogP contribution in [-0.4, -0.2) is 44.7 Å². The summed E-state index contributed by atoms with van der Waals surface area (Å²) in [6.45, 7) is 1.79. The molecule has 0 bridgehead atoms. The molecule has 0 rings (SSSR count). The van der Waals surface area contributed by atoms with E-state index in [1.165, 1.54) is 0 Å². The van der Waals surface area contributed by atoms with Crippen LogP contribution in [0.25, 0.3) is 0 Å². The average molecular weight is 211 g/mol. The van der Waals surface area contributed by atoms with Gasteiger partial charge in [0.15, 0.2) is 0 Å². The number of ether oxygens (including phenoxy) is 1. The monoisotopic (exact) mass is 210 g/mol. The Labute approximate surface area is 85.8 Å². The zero-order valence-electron chi connectivity index (χ0n) is 8.28. The Balaban J connectivity index is 0. The summed E-state index contributed by atoms with van der Waals surface area (Å²) < 4.78 is 4.92. The van der Waals surface area contributed by atoms with Crippen molar-refractivity contribution in [1.82, 2.24) is 4.90 Å². The molecule has 0 radical (unpaired) electrons. The van der Waals surface area contributed by atoms with E-state index in [0.29, 0.717) is 26.0 Å². The standard InChI is InChI=1S/C8H18N2O2.ClH/c1-10(2)6-7-12-8(11)4-3-5-9;/h3-7,9H2,1-2H3;1H. The first-order chi connectivity index (χ1) is 5.66. The van der Waals surface area contributed by atoms with Gasteiger partial charge in [-0.1, -0.05) is 0 Å². The Morgan fingerprint density at radius 2 is 2.08 bits per heavy atom. The lowest BCUT2D eigenvalue weighted by Crippen LogP contribution is -2.20. The summed E-state index contributed by atoms with van der Waals surface area (Å²) in [6.07, 6.45) is 1.14. The van der Waals surface area contributed by atoms with Crippen molar-refractivity contribution in [2.75, 3.05) is 33.8 Å². The van der Waals surface area contributed by atoms with Gasteiger partial charge in [-0.3, -0.25) is 4.79 Å². The van der Waals surface area contributed by atoms with E-state index in [0.717, 1.165) is 6.54 Å². The van der Waals surface area contributed by atoms with Crippen molar-refractivity contribution in [3.63, 3.8) is 0 Å². The maximum atomic E-state index is 10.9. The Morgan fingerprint density at radius 1 is 1.46 bits per heavy atom. The number of hydrogen-bond acceptors (Lipinski definition) is 4. The SMILES string of the molecule is CN(C)CCOC(=O)CCCN.Cl. The summed E-state index contributed by atoms with van der Waals surface area (Å²) in [4.78, 5) is 12.9. The number of nitrogens with two attached hydrogens (primary N) is 1. The summed E-state index contributed by atoms with van der Waals surface area (Å²) in [7, 11) is 3.88. The molecule has 0 fully saturated rings. The molecule has 0 aliphatic carbocycles. The van der Waals surface area contributed by atoms with Crippen molar-refractivity contribution in [3.8, 4) is 0 Å².